The molecule has 5 rings (SSSR count). The minimum absolute atomic E-state index is 0.0191. The number of amides is 2. The lowest BCUT2D eigenvalue weighted by Crippen LogP contribution is -2.54. The van der Waals surface area contributed by atoms with Gasteiger partial charge in [0.05, 0.1) is 16.8 Å². The number of ether oxygens (including phenoxy) is 1. The SMILES string of the molecule is O=C1NC(=S)N(c2ccc(Oc3ccccc3)cc2)C(=O)/C1=C/c1ccc(N2CCC(O)CC2)s1. The lowest BCUT2D eigenvalue weighted by Gasteiger charge is -2.30. The van der Waals surface area contributed by atoms with Crippen molar-refractivity contribution >= 4 is 57.2 Å². The first kappa shape index (κ1) is 23.2. The van der Waals surface area contributed by atoms with Crippen molar-refractivity contribution in [1.82, 2.24) is 5.32 Å². The number of aliphatic hydroxyl groups excluding tert-OH is 1. The third-order valence-corrected chi connectivity index (χ3v) is 7.23. The van der Waals surface area contributed by atoms with E-state index < -0.39 is 11.8 Å². The van der Waals surface area contributed by atoms with Gasteiger partial charge >= 0.3 is 0 Å². The van der Waals surface area contributed by atoms with E-state index in [1.807, 2.05) is 42.5 Å². The van der Waals surface area contributed by atoms with Gasteiger partial charge in [-0.3, -0.25) is 19.8 Å². The molecular weight excluding hydrogens is 482 g/mol. The number of hydrogen-bond donors (Lipinski definition) is 2. The second-order valence-electron chi connectivity index (χ2n) is 8.26. The van der Waals surface area contributed by atoms with Crippen LogP contribution in [0.2, 0.25) is 0 Å². The fourth-order valence-corrected chi connectivity index (χ4v) is 5.28. The number of benzene rings is 2. The van der Waals surface area contributed by atoms with Gasteiger partial charge in [-0.2, -0.15) is 0 Å². The Kier molecular flexibility index (Phi) is 6.63. The zero-order valence-corrected chi connectivity index (χ0v) is 20.3. The summed E-state index contributed by atoms with van der Waals surface area (Å²) in [6, 6.07) is 20.2. The van der Waals surface area contributed by atoms with Crippen molar-refractivity contribution in [2.45, 2.75) is 18.9 Å². The zero-order chi connectivity index (χ0) is 24.4. The fourth-order valence-electron chi connectivity index (χ4n) is 4.00. The number of carbonyl (C=O) groups is 2. The Morgan fingerprint density at radius 2 is 1.66 bits per heavy atom. The summed E-state index contributed by atoms with van der Waals surface area (Å²) in [5.41, 5.74) is 0.552. The maximum Gasteiger partial charge on any atom is 0.270 e. The van der Waals surface area contributed by atoms with E-state index in [9.17, 15) is 14.7 Å². The summed E-state index contributed by atoms with van der Waals surface area (Å²) in [5.74, 6) is 0.327. The molecule has 0 bridgehead atoms. The summed E-state index contributed by atoms with van der Waals surface area (Å²) in [6.45, 7) is 1.56. The molecule has 1 aromatic heterocycles. The largest absolute Gasteiger partial charge is 0.457 e. The van der Waals surface area contributed by atoms with Crippen molar-refractivity contribution in [2.24, 2.45) is 0 Å². The molecule has 178 valence electrons. The van der Waals surface area contributed by atoms with Crippen LogP contribution >= 0.6 is 23.6 Å². The van der Waals surface area contributed by atoms with E-state index in [-0.39, 0.29) is 16.8 Å². The molecule has 0 aliphatic carbocycles. The Morgan fingerprint density at radius 3 is 2.37 bits per heavy atom. The van der Waals surface area contributed by atoms with E-state index in [1.54, 1.807) is 30.3 Å². The number of anilines is 2. The first-order valence-electron chi connectivity index (χ1n) is 11.3. The second kappa shape index (κ2) is 9.99. The maximum absolute atomic E-state index is 13.3. The topological polar surface area (TPSA) is 82.1 Å². The summed E-state index contributed by atoms with van der Waals surface area (Å²) in [7, 11) is 0. The molecule has 2 fully saturated rings. The van der Waals surface area contributed by atoms with Crippen molar-refractivity contribution in [2.75, 3.05) is 22.9 Å². The molecule has 7 nitrogen and oxygen atoms in total. The van der Waals surface area contributed by atoms with Gasteiger partial charge in [0.2, 0.25) is 0 Å². The van der Waals surface area contributed by atoms with Gasteiger partial charge < -0.3 is 14.7 Å². The van der Waals surface area contributed by atoms with Gasteiger partial charge in [-0.15, -0.1) is 11.3 Å². The van der Waals surface area contributed by atoms with E-state index in [4.69, 9.17) is 17.0 Å². The monoisotopic (exact) mass is 505 g/mol. The van der Waals surface area contributed by atoms with E-state index >= 15 is 0 Å². The normalized spacial score (nSPS) is 18.2. The molecule has 3 heterocycles. The quantitative estimate of drug-likeness (QED) is 0.305. The lowest BCUT2D eigenvalue weighted by molar-refractivity contribution is -0.122. The van der Waals surface area contributed by atoms with Gasteiger partial charge in [0.15, 0.2) is 5.11 Å². The number of para-hydroxylation sites is 1. The third kappa shape index (κ3) is 5.12. The molecule has 9 heteroatoms. The van der Waals surface area contributed by atoms with Crippen molar-refractivity contribution in [3.05, 3.63) is 77.2 Å². The minimum Gasteiger partial charge on any atom is -0.457 e. The molecule has 2 N–H and O–H groups in total. The van der Waals surface area contributed by atoms with Crippen molar-refractivity contribution in [3.8, 4) is 11.5 Å². The molecule has 2 aliphatic rings. The predicted octanol–water partition coefficient (Wildman–Crippen LogP) is 4.33. The Hall–Kier alpha value is -3.53. The highest BCUT2D eigenvalue weighted by Gasteiger charge is 2.34. The number of carbonyl (C=O) groups excluding carboxylic acids is 2. The Balaban J connectivity index is 1.34. The van der Waals surface area contributed by atoms with Crippen LogP contribution in [0.25, 0.3) is 6.08 Å². The molecule has 3 aromatic rings. The smallest absolute Gasteiger partial charge is 0.270 e. The molecular formula is C26H23N3O4S2. The van der Waals surface area contributed by atoms with Crippen LogP contribution in [0.15, 0.2) is 72.3 Å². The van der Waals surface area contributed by atoms with Gasteiger partial charge in [-0.05, 0) is 79.7 Å². The lowest BCUT2D eigenvalue weighted by atomic mass is 10.1. The maximum atomic E-state index is 13.3. The van der Waals surface area contributed by atoms with Crippen LogP contribution in [-0.2, 0) is 9.59 Å². The van der Waals surface area contributed by atoms with Gasteiger partial charge in [0.1, 0.15) is 17.1 Å². The van der Waals surface area contributed by atoms with Gasteiger partial charge in [-0.1, -0.05) is 18.2 Å². The number of aliphatic hydroxyl groups is 1. The summed E-state index contributed by atoms with van der Waals surface area (Å²) in [5, 5.41) is 13.4. The first-order valence-corrected chi connectivity index (χ1v) is 12.5. The summed E-state index contributed by atoms with van der Waals surface area (Å²) in [6.07, 6.45) is 2.82. The molecule has 0 saturated carbocycles. The molecule has 2 saturated heterocycles. The number of nitrogens with zero attached hydrogens (tertiary/aromatic N) is 2. The predicted molar refractivity (Wildman–Crippen MR) is 141 cm³/mol. The van der Waals surface area contributed by atoms with Gasteiger partial charge in [0.25, 0.3) is 11.8 Å². The Labute approximate surface area is 212 Å². The summed E-state index contributed by atoms with van der Waals surface area (Å²) >= 11 is 6.81. The molecule has 35 heavy (non-hydrogen) atoms. The highest BCUT2D eigenvalue weighted by Crippen LogP contribution is 2.31. The third-order valence-electron chi connectivity index (χ3n) is 5.85. The Bertz CT molecular complexity index is 1280. The van der Waals surface area contributed by atoms with Gasteiger partial charge in [0, 0.05) is 18.0 Å². The van der Waals surface area contributed by atoms with E-state index in [2.05, 4.69) is 10.2 Å². The van der Waals surface area contributed by atoms with E-state index in [1.165, 1.54) is 16.2 Å². The molecule has 0 spiro atoms. The van der Waals surface area contributed by atoms with Crippen molar-refractivity contribution in [3.63, 3.8) is 0 Å². The highest BCUT2D eigenvalue weighted by molar-refractivity contribution is 7.80. The molecule has 2 aliphatic heterocycles. The van der Waals surface area contributed by atoms with Crippen LogP contribution in [0.3, 0.4) is 0 Å². The number of hydrogen-bond acceptors (Lipinski definition) is 7. The fraction of sp³-hybridized carbons (Fsp3) is 0.192. The molecule has 0 unspecified atom stereocenters. The minimum atomic E-state index is -0.517. The van der Waals surface area contributed by atoms with Crippen LogP contribution in [0.5, 0.6) is 11.5 Å². The summed E-state index contributed by atoms with van der Waals surface area (Å²) < 4.78 is 5.82. The number of nitrogens with one attached hydrogen (secondary N) is 1. The summed E-state index contributed by atoms with van der Waals surface area (Å²) in [4.78, 5) is 30.3. The van der Waals surface area contributed by atoms with Gasteiger partial charge in [-0.25, -0.2) is 0 Å². The molecule has 2 amide bonds. The molecule has 0 radical (unpaired) electrons. The Morgan fingerprint density at radius 1 is 0.971 bits per heavy atom. The average molecular weight is 506 g/mol. The van der Waals surface area contributed by atoms with Crippen molar-refractivity contribution in [1.29, 1.82) is 0 Å². The van der Waals surface area contributed by atoms with E-state index in [0.29, 0.717) is 17.2 Å². The van der Waals surface area contributed by atoms with Crippen LogP contribution in [0, 0.1) is 0 Å². The van der Waals surface area contributed by atoms with Crippen molar-refractivity contribution < 1.29 is 19.4 Å². The first-order chi connectivity index (χ1) is 17.0. The number of thiocarbonyl (C=S) groups is 1. The van der Waals surface area contributed by atoms with Crippen LogP contribution in [-0.4, -0.2) is 41.2 Å². The van der Waals surface area contributed by atoms with E-state index in [0.717, 1.165) is 35.8 Å². The van der Waals surface area contributed by atoms with Crippen LogP contribution in [0.4, 0.5) is 10.7 Å². The second-order valence-corrected chi connectivity index (χ2v) is 9.74. The van der Waals surface area contributed by atoms with Crippen LogP contribution in [0.1, 0.15) is 17.7 Å². The number of rotatable bonds is 5. The standard InChI is InChI=1S/C26H23N3O4S2/c30-18-12-14-28(15-13-18)23-11-10-21(35-23)16-22-24(31)27-26(34)29(25(22)32)17-6-8-20(9-7-17)33-19-4-2-1-3-5-19/h1-11,16,18,30H,12-15H2,(H,27,31,34)/b22-16+. The van der Waals surface area contributed by atoms with Crippen LogP contribution < -0.4 is 19.9 Å². The number of thiophene rings is 1. The highest BCUT2D eigenvalue weighted by atomic mass is 32.1. The molecule has 2 aromatic carbocycles. The number of piperidine rings is 1. The molecule has 0 atom stereocenters. The average Bonchev–Trinajstić information content (AvgIpc) is 3.32. The zero-order valence-electron chi connectivity index (χ0n) is 18.7.